The number of carbonyl (C=O) groups excluding carboxylic acids is 2. The number of urea groups is 1. The number of aryl methyl sites for hydroxylation is 1. The summed E-state index contributed by atoms with van der Waals surface area (Å²) in [6, 6.07) is 11.2. The summed E-state index contributed by atoms with van der Waals surface area (Å²) in [5, 5.41) is 0. The molecule has 1 unspecified atom stereocenters. The van der Waals surface area contributed by atoms with Gasteiger partial charge in [-0.25, -0.2) is 4.79 Å². The maximum absolute atomic E-state index is 12.7. The Balaban J connectivity index is 1.50. The minimum absolute atomic E-state index is 0.0881. The summed E-state index contributed by atoms with van der Waals surface area (Å²) in [6.45, 7) is 4.73. The van der Waals surface area contributed by atoms with E-state index in [-0.39, 0.29) is 11.9 Å². The average Bonchev–Trinajstić information content (AvgIpc) is 3.29. The maximum atomic E-state index is 12.7. The van der Waals surface area contributed by atoms with Crippen molar-refractivity contribution in [1.82, 2.24) is 19.6 Å². The van der Waals surface area contributed by atoms with Gasteiger partial charge in [-0.1, -0.05) is 30.3 Å². The zero-order valence-electron chi connectivity index (χ0n) is 20.0. The van der Waals surface area contributed by atoms with Gasteiger partial charge in [0.2, 0.25) is 5.91 Å². The molecule has 0 aliphatic carbocycles. The van der Waals surface area contributed by atoms with E-state index in [2.05, 4.69) is 17.0 Å². The van der Waals surface area contributed by atoms with Crippen LogP contribution in [-0.4, -0.2) is 104 Å². The highest BCUT2D eigenvalue weighted by Gasteiger charge is 2.35. The molecule has 3 rings (SSSR count). The highest BCUT2D eigenvalue weighted by molar-refractivity contribution is 5.75. The highest BCUT2D eigenvalue weighted by atomic mass is 16.5. The van der Waals surface area contributed by atoms with E-state index >= 15 is 0 Å². The van der Waals surface area contributed by atoms with Crippen molar-refractivity contribution in [2.24, 2.45) is 0 Å². The number of benzene rings is 1. The van der Waals surface area contributed by atoms with Crippen molar-refractivity contribution in [3.05, 3.63) is 35.9 Å². The highest BCUT2D eigenvalue weighted by Crippen LogP contribution is 2.24. The van der Waals surface area contributed by atoms with E-state index in [0.717, 1.165) is 71.5 Å². The lowest BCUT2D eigenvalue weighted by molar-refractivity contribution is -0.130. The zero-order valence-corrected chi connectivity index (χ0v) is 20.0. The van der Waals surface area contributed by atoms with Crippen molar-refractivity contribution >= 4 is 11.9 Å². The first-order chi connectivity index (χ1) is 15.5. The SMILES string of the molecule is CN(C)C(=O)N1CCC(N(CCN(C)C(=O)CCCc2ccccc2)C2CCOCC2)C1. The van der Waals surface area contributed by atoms with Crippen molar-refractivity contribution in [1.29, 1.82) is 0 Å². The third-order valence-electron chi connectivity index (χ3n) is 6.76. The largest absolute Gasteiger partial charge is 0.381 e. The maximum Gasteiger partial charge on any atom is 0.319 e. The Labute approximate surface area is 193 Å². The zero-order chi connectivity index (χ0) is 22.9. The number of hydrogen-bond acceptors (Lipinski definition) is 4. The van der Waals surface area contributed by atoms with Gasteiger partial charge in [0.05, 0.1) is 0 Å². The molecule has 32 heavy (non-hydrogen) atoms. The fourth-order valence-corrected chi connectivity index (χ4v) is 4.82. The minimum Gasteiger partial charge on any atom is -0.381 e. The molecular weight excluding hydrogens is 404 g/mol. The van der Waals surface area contributed by atoms with Gasteiger partial charge < -0.3 is 19.4 Å². The van der Waals surface area contributed by atoms with Gasteiger partial charge in [0.15, 0.2) is 0 Å². The van der Waals surface area contributed by atoms with E-state index in [0.29, 0.717) is 18.5 Å². The van der Waals surface area contributed by atoms with Crippen LogP contribution < -0.4 is 0 Å². The van der Waals surface area contributed by atoms with E-state index in [1.54, 1.807) is 4.90 Å². The second-order valence-electron chi connectivity index (χ2n) is 9.30. The molecule has 3 amide bonds. The number of likely N-dealkylation sites (N-methyl/N-ethyl adjacent to an activating group) is 1. The molecule has 1 aromatic rings. The summed E-state index contributed by atoms with van der Waals surface area (Å²) in [4.78, 5) is 33.1. The summed E-state index contributed by atoms with van der Waals surface area (Å²) >= 11 is 0. The molecule has 2 aliphatic rings. The molecule has 2 aliphatic heterocycles. The summed E-state index contributed by atoms with van der Waals surface area (Å²) < 4.78 is 5.59. The topological polar surface area (TPSA) is 56.3 Å². The summed E-state index contributed by atoms with van der Waals surface area (Å²) in [6.07, 6.45) is 5.43. The van der Waals surface area contributed by atoms with Gasteiger partial charge in [0.25, 0.3) is 0 Å². The van der Waals surface area contributed by atoms with Crippen molar-refractivity contribution in [2.75, 3.05) is 60.5 Å². The molecule has 2 heterocycles. The molecule has 7 heteroatoms. The monoisotopic (exact) mass is 444 g/mol. The van der Waals surface area contributed by atoms with Crippen LogP contribution in [0.15, 0.2) is 30.3 Å². The molecule has 1 atom stereocenters. The molecule has 0 aromatic heterocycles. The fourth-order valence-electron chi connectivity index (χ4n) is 4.82. The number of carbonyl (C=O) groups is 2. The first-order valence-corrected chi connectivity index (χ1v) is 12.0. The van der Waals surface area contributed by atoms with Crippen LogP contribution in [0.5, 0.6) is 0 Å². The van der Waals surface area contributed by atoms with Crippen LogP contribution in [-0.2, 0) is 16.0 Å². The summed E-state index contributed by atoms with van der Waals surface area (Å²) in [7, 11) is 5.54. The molecule has 178 valence electrons. The summed E-state index contributed by atoms with van der Waals surface area (Å²) in [5.74, 6) is 0.212. The predicted molar refractivity (Wildman–Crippen MR) is 127 cm³/mol. The standard InChI is InChI=1S/C25H40N4O3/c1-26(2)25(31)28-15-12-23(20-28)29(22-13-18-32-19-14-22)17-16-27(3)24(30)11-7-10-21-8-5-4-6-9-21/h4-6,8-9,22-23H,7,10-20H2,1-3H3. The van der Waals surface area contributed by atoms with Gasteiger partial charge in [-0.15, -0.1) is 0 Å². The Morgan fingerprint density at radius 3 is 2.41 bits per heavy atom. The van der Waals surface area contributed by atoms with Crippen molar-refractivity contribution in [3.8, 4) is 0 Å². The normalized spacial score (nSPS) is 19.4. The summed E-state index contributed by atoms with van der Waals surface area (Å²) in [5.41, 5.74) is 1.28. The van der Waals surface area contributed by atoms with E-state index in [4.69, 9.17) is 4.74 Å². The van der Waals surface area contributed by atoms with Crippen molar-refractivity contribution in [2.45, 2.75) is 50.6 Å². The molecule has 0 saturated carbocycles. The van der Waals surface area contributed by atoms with Crippen LogP contribution >= 0.6 is 0 Å². The van der Waals surface area contributed by atoms with E-state index in [1.807, 2.05) is 49.1 Å². The molecule has 2 saturated heterocycles. The van der Waals surface area contributed by atoms with Gasteiger partial charge in [0, 0.05) is 79.0 Å². The predicted octanol–water partition coefficient (Wildman–Crippen LogP) is 2.70. The molecule has 7 nitrogen and oxygen atoms in total. The van der Waals surface area contributed by atoms with Gasteiger partial charge in [-0.2, -0.15) is 0 Å². The first-order valence-electron chi connectivity index (χ1n) is 12.0. The lowest BCUT2D eigenvalue weighted by Crippen LogP contribution is -2.50. The lowest BCUT2D eigenvalue weighted by atomic mass is 10.0. The van der Waals surface area contributed by atoms with Gasteiger partial charge in [0.1, 0.15) is 0 Å². The average molecular weight is 445 g/mol. The Kier molecular flexibility index (Phi) is 9.36. The number of amides is 3. The van der Waals surface area contributed by atoms with E-state index in [1.165, 1.54) is 5.56 Å². The van der Waals surface area contributed by atoms with Crippen LogP contribution in [0, 0.1) is 0 Å². The minimum atomic E-state index is 0.0881. The van der Waals surface area contributed by atoms with Gasteiger partial charge in [-0.3, -0.25) is 9.69 Å². The van der Waals surface area contributed by atoms with Gasteiger partial charge >= 0.3 is 6.03 Å². The molecule has 0 N–H and O–H groups in total. The Hall–Kier alpha value is -2.12. The third kappa shape index (κ3) is 6.94. The van der Waals surface area contributed by atoms with Crippen LogP contribution in [0.1, 0.15) is 37.7 Å². The Morgan fingerprint density at radius 1 is 1.00 bits per heavy atom. The van der Waals surface area contributed by atoms with E-state index in [9.17, 15) is 9.59 Å². The number of hydrogen-bond donors (Lipinski definition) is 0. The number of likely N-dealkylation sites (tertiary alicyclic amines) is 1. The van der Waals surface area contributed by atoms with Crippen molar-refractivity contribution in [3.63, 3.8) is 0 Å². The molecule has 0 bridgehead atoms. The quantitative estimate of drug-likeness (QED) is 0.588. The van der Waals surface area contributed by atoms with Crippen LogP contribution in [0.4, 0.5) is 4.79 Å². The van der Waals surface area contributed by atoms with Crippen LogP contribution in [0.25, 0.3) is 0 Å². The first kappa shape index (κ1) is 24.5. The van der Waals surface area contributed by atoms with Gasteiger partial charge in [-0.05, 0) is 37.7 Å². The van der Waals surface area contributed by atoms with Crippen LogP contribution in [0.3, 0.4) is 0 Å². The molecule has 1 aromatic carbocycles. The Bertz CT molecular complexity index is 721. The third-order valence-corrected chi connectivity index (χ3v) is 6.76. The molecule has 0 spiro atoms. The fraction of sp³-hybridized carbons (Fsp3) is 0.680. The Morgan fingerprint density at radius 2 is 1.72 bits per heavy atom. The second kappa shape index (κ2) is 12.2. The number of ether oxygens (including phenoxy) is 1. The molecule has 0 radical (unpaired) electrons. The number of nitrogens with zero attached hydrogens (tertiary/aromatic N) is 4. The smallest absolute Gasteiger partial charge is 0.319 e. The molecule has 2 fully saturated rings. The van der Waals surface area contributed by atoms with E-state index < -0.39 is 0 Å². The number of rotatable bonds is 9. The second-order valence-corrected chi connectivity index (χ2v) is 9.30. The van der Waals surface area contributed by atoms with Crippen molar-refractivity contribution < 1.29 is 14.3 Å². The lowest BCUT2D eigenvalue weighted by Gasteiger charge is -2.39. The molecular formula is C25H40N4O3. The van der Waals surface area contributed by atoms with Crippen LogP contribution in [0.2, 0.25) is 0 Å².